The molecule has 0 saturated carbocycles. The Hall–Kier alpha value is -2.33. The summed E-state index contributed by atoms with van der Waals surface area (Å²) >= 11 is 5.96. The standard InChI is InChI=1S/C19H21ClN2O2/c1-13-4-7-17(8-5-13)21-19(24)10-11-22(15(3)23)18-9-6-16(20)12-14(18)2/h4-9,12H,10-11H2,1-3H3,(H,21,24). The van der Waals surface area contributed by atoms with Crippen molar-refractivity contribution in [3.8, 4) is 0 Å². The van der Waals surface area contributed by atoms with Crippen molar-refractivity contribution in [1.29, 1.82) is 0 Å². The molecule has 2 rings (SSSR count). The first-order valence-corrected chi connectivity index (χ1v) is 8.15. The lowest BCUT2D eigenvalue weighted by atomic mass is 10.1. The Kier molecular flexibility index (Phi) is 5.99. The first-order chi connectivity index (χ1) is 11.4. The molecule has 5 heteroatoms. The molecule has 0 aromatic heterocycles. The predicted octanol–water partition coefficient (Wildman–Crippen LogP) is 4.34. The molecule has 0 aliphatic rings. The molecule has 0 aliphatic heterocycles. The lowest BCUT2D eigenvalue weighted by Gasteiger charge is -2.23. The summed E-state index contributed by atoms with van der Waals surface area (Å²) in [5.41, 5.74) is 3.56. The fourth-order valence-electron chi connectivity index (χ4n) is 2.44. The highest BCUT2D eigenvalue weighted by atomic mass is 35.5. The van der Waals surface area contributed by atoms with Crippen LogP contribution < -0.4 is 10.2 Å². The van der Waals surface area contributed by atoms with Crippen LogP contribution in [-0.2, 0) is 9.59 Å². The van der Waals surface area contributed by atoms with Crippen molar-refractivity contribution in [2.75, 3.05) is 16.8 Å². The van der Waals surface area contributed by atoms with Crippen LogP contribution in [0.1, 0.15) is 24.5 Å². The van der Waals surface area contributed by atoms with E-state index >= 15 is 0 Å². The van der Waals surface area contributed by atoms with Crippen LogP contribution in [0.4, 0.5) is 11.4 Å². The maximum absolute atomic E-state index is 12.1. The topological polar surface area (TPSA) is 49.4 Å². The molecular weight excluding hydrogens is 324 g/mol. The molecule has 0 bridgehead atoms. The van der Waals surface area contributed by atoms with Crippen LogP contribution in [0.3, 0.4) is 0 Å². The summed E-state index contributed by atoms with van der Waals surface area (Å²) in [7, 11) is 0. The van der Waals surface area contributed by atoms with Gasteiger partial charge in [-0.25, -0.2) is 0 Å². The number of hydrogen-bond donors (Lipinski definition) is 1. The van der Waals surface area contributed by atoms with Gasteiger partial charge in [0, 0.05) is 36.3 Å². The Balaban J connectivity index is 2.02. The minimum atomic E-state index is -0.128. The molecule has 2 amide bonds. The van der Waals surface area contributed by atoms with E-state index in [4.69, 9.17) is 11.6 Å². The van der Waals surface area contributed by atoms with Gasteiger partial charge in [-0.2, -0.15) is 0 Å². The normalized spacial score (nSPS) is 10.3. The number of hydrogen-bond acceptors (Lipinski definition) is 2. The van der Waals surface area contributed by atoms with Gasteiger partial charge in [-0.15, -0.1) is 0 Å². The number of amides is 2. The van der Waals surface area contributed by atoms with Gasteiger partial charge in [0.1, 0.15) is 0 Å². The molecule has 0 spiro atoms. The number of benzene rings is 2. The molecule has 24 heavy (non-hydrogen) atoms. The summed E-state index contributed by atoms with van der Waals surface area (Å²) in [5, 5.41) is 3.46. The molecule has 126 valence electrons. The van der Waals surface area contributed by atoms with Crippen LogP contribution in [0.5, 0.6) is 0 Å². The van der Waals surface area contributed by atoms with Gasteiger partial charge in [-0.05, 0) is 49.7 Å². The quantitative estimate of drug-likeness (QED) is 0.877. The van der Waals surface area contributed by atoms with Crippen molar-refractivity contribution in [3.05, 3.63) is 58.6 Å². The lowest BCUT2D eigenvalue weighted by molar-refractivity contribution is -0.117. The highest BCUT2D eigenvalue weighted by Gasteiger charge is 2.15. The number of aryl methyl sites for hydroxylation is 2. The first kappa shape index (κ1) is 18.0. The van der Waals surface area contributed by atoms with Crippen molar-refractivity contribution in [2.24, 2.45) is 0 Å². The molecule has 2 aromatic rings. The lowest BCUT2D eigenvalue weighted by Crippen LogP contribution is -2.32. The number of carbonyl (C=O) groups excluding carboxylic acids is 2. The van der Waals surface area contributed by atoms with E-state index in [2.05, 4.69) is 5.32 Å². The smallest absolute Gasteiger partial charge is 0.226 e. The SMILES string of the molecule is CC(=O)N(CCC(=O)Nc1ccc(C)cc1)c1ccc(Cl)cc1C. The van der Waals surface area contributed by atoms with E-state index in [1.807, 2.05) is 38.1 Å². The molecule has 0 atom stereocenters. The molecule has 0 heterocycles. The van der Waals surface area contributed by atoms with Gasteiger partial charge in [-0.3, -0.25) is 9.59 Å². The van der Waals surface area contributed by atoms with Crippen molar-refractivity contribution in [2.45, 2.75) is 27.2 Å². The highest BCUT2D eigenvalue weighted by Crippen LogP contribution is 2.24. The fraction of sp³-hybridized carbons (Fsp3) is 0.263. The Morgan fingerprint density at radius 2 is 1.75 bits per heavy atom. The van der Waals surface area contributed by atoms with E-state index in [-0.39, 0.29) is 18.2 Å². The number of carbonyl (C=O) groups is 2. The van der Waals surface area contributed by atoms with Crippen LogP contribution in [0, 0.1) is 13.8 Å². The Labute approximate surface area is 147 Å². The van der Waals surface area contributed by atoms with Crippen molar-refractivity contribution >= 4 is 34.8 Å². The maximum Gasteiger partial charge on any atom is 0.226 e. The van der Waals surface area contributed by atoms with Gasteiger partial charge in [0.25, 0.3) is 0 Å². The van der Waals surface area contributed by atoms with Crippen LogP contribution >= 0.6 is 11.6 Å². The van der Waals surface area contributed by atoms with Gasteiger partial charge in [0.05, 0.1) is 0 Å². The molecule has 0 aliphatic carbocycles. The zero-order valence-corrected chi connectivity index (χ0v) is 14.9. The fourth-order valence-corrected chi connectivity index (χ4v) is 2.67. The largest absolute Gasteiger partial charge is 0.326 e. The first-order valence-electron chi connectivity index (χ1n) is 7.77. The Morgan fingerprint density at radius 3 is 2.33 bits per heavy atom. The Morgan fingerprint density at radius 1 is 1.08 bits per heavy atom. The molecule has 1 N–H and O–H groups in total. The second kappa shape index (κ2) is 7.97. The minimum absolute atomic E-state index is 0.108. The number of anilines is 2. The Bertz CT molecular complexity index is 742. The molecule has 2 aromatic carbocycles. The molecular formula is C19H21ClN2O2. The predicted molar refractivity (Wildman–Crippen MR) is 98.6 cm³/mol. The summed E-state index contributed by atoms with van der Waals surface area (Å²) in [5.74, 6) is -0.236. The van der Waals surface area contributed by atoms with Gasteiger partial charge < -0.3 is 10.2 Å². The van der Waals surface area contributed by atoms with E-state index in [1.165, 1.54) is 6.92 Å². The minimum Gasteiger partial charge on any atom is -0.326 e. The van der Waals surface area contributed by atoms with Crippen LogP contribution in [-0.4, -0.2) is 18.4 Å². The molecule has 0 saturated heterocycles. The van der Waals surface area contributed by atoms with Crippen molar-refractivity contribution in [1.82, 2.24) is 0 Å². The monoisotopic (exact) mass is 344 g/mol. The van der Waals surface area contributed by atoms with Crippen LogP contribution in [0.2, 0.25) is 5.02 Å². The molecule has 0 radical (unpaired) electrons. The van der Waals surface area contributed by atoms with E-state index in [1.54, 1.807) is 23.1 Å². The van der Waals surface area contributed by atoms with E-state index in [0.717, 1.165) is 22.5 Å². The third-order valence-electron chi connectivity index (χ3n) is 3.73. The number of nitrogens with one attached hydrogen (secondary N) is 1. The third-order valence-corrected chi connectivity index (χ3v) is 3.96. The van der Waals surface area contributed by atoms with E-state index < -0.39 is 0 Å². The number of nitrogens with zero attached hydrogens (tertiary/aromatic N) is 1. The van der Waals surface area contributed by atoms with Crippen molar-refractivity contribution < 1.29 is 9.59 Å². The number of rotatable bonds is 5. The molecule has 0 unspecified atom stereocenters. The number of halogens is 1. The van der Waals surface area contributed by atoms with Gasteiger partial charge in [0.15, 0.2) is 0 Å². The van der Waals surface area contributed by atoms with Gasteiger partial charge in [0.2, 0.25) is 11.8 Å². The zero-order chi connectivity index (χ0) is 17.7. The van der Waals surface area contributed by atoms with Crippen LogP contribution in [0.25, 0.3) is 0 Å². The van der Waals surface area contributed by atoms with E-state index in [9.17, 15) is 9.59 Å². The maximum atomic E-state index is 12.1. The highest BCUT2D eigenvalue weighted by molar-refractivity contribution is 6.30. The average Bonchev–Trinajstić information content (AvgIpc) is 2.51. The summed E-state index contributed by atoms with van der Waals surface area (Å²) in [6, 6.07) is 12.9. The van der Waals surface area contributed by atoms with Crippen molar-refractivity contribution in [3.63, 3.8) is 0 Å². The second-order valence-electron chi connectivity index (χ2n) is 5.77. The zero-order valence-electron chi connectivity index (χ0n) is 14.1. The molecule has 0 fully saturated rings. The van der Waals surface area contributed by atoms with Crippen LogP contribution in [0.15, 0.2) is 42.5 Å². The van der Waals surface area contributed by atoms with Gasteiger partial charge in [-0.1, -0.05) is 29.3 Å². The summed E-state index contributed by atoms with van der Waals surface area (Å²) < 4.78 is 0. The van der Waals surface area contributed by atoms with E-state index in [0.29, 0.717) is 11.6 Å². The summed E-state index contributed by atoms with van der Waals surface area (Å²) in [6.07, 6.45) is 0.218. The third kappa shape index (κ3) is 4.83. The summed E-state index contributed by atoms with van der Waals surface area (Å²) in [6.45, 7) is 5.69. The van der Waals surface area contributed by atoms with Gasteiger partial charge >= 0.3 is 0 Å². The molecule has 4 nitrogen and oxygen atoms in total. The average molecular weight is 345 g/mol. The second-order valence-corrected chi connectivity index (χ2v) is 6.20. The summed E-state index contributed by atoms with van der Waals surface area (Å²) in [4.78, 5) is 25.7.